The van der Waals surface area contributed by atoms with Gasteiger partial charge in [0, 0.05) is 17.6 Å². The third-order valence-electron chi connectivity index (χ3n) is 4.96. The van der Waals surface area contributed by atoms with Crippen LogP contribution in [0.3, 0.4) is 0 Å². The fraction of sp³-hybridized carbons (Fsp3) is 0.381. The van der Waals surface area contributed by atoms with Crippen molar-refractivity contribution >= 4 is 41.7 Å². The minimum atomic E-state index is 0. The fourth-order valence-electron chi connectivity index (χ4n) is 3.55. The maximum Gasteiger partial charge on any atom is 0.232 e. The molecule has 3 unspecified atom stereocenters. The van der Waals surface area contributed by atoms with Crippen LogP contribution in [0.5, 0.6) is 0 Å². The average Bonchev–Trinajstić information content (AvgIpc) is 3.05. The van der Waals surface area contributed by atoms with Crippen LogP contribution in [0, 0.1) is 5.92 Å². The summed E-state index contributed by atoms with van der Waals surface area (Å²) in [5.41, 5.74) is 8.15. The van der Waals surface area contributed by atoms with Gasteiger partial charge in [-0.2, -0.15) is 0 Å². The third-order valence-corrected chi connectivity index (χ3v) is 6.51. The van der Waals surface area contributed by atoms with Gasteiger partial charge in [-0.3, -0.25) is 4.79 Å². The SMILES string of the molecule is CC1CC(CN)CN1C(=O)CSC(c1ccccc1)c1ccc(Cl)cc1.Cl. The van der Waals surface area contributed by atoms with E-state index in [0.717, 1.165) is 23.6 Å². The number of hydrogen-bond acceptors (Lipinski definition) is 3. The van der Waals surface area contributed by atoms with Gasteiger partial charge in [0.1, 0.15) is 0 Å². The summed E-state index contributed by atoms with van der Waals surface area (Å²) in [5.74, 6) is 1.09. The summed E-state index contributed by atoms with van der Waals surface area (Å²) in [4.78, 5) is 14.8. The number of thioether (sulfide) groups is 1. The summed E-state index contributed by atoms with van der Waals surface area (Å²) in [7, 11) is 0. The predicted octanol–water partition coefficient (Wildman–Crippen LogP) is 4.78. The molecule has 0 aliphatic carbocycles. The number of hydrogen-bond donors (Lipinski definition) is 1. The van der Waals surface area contributed by atoms with Gasteiger partial charge < -0.3 is 10.6 Å². The van der Waals surface area contributed by atoms with Gasteiger partial charge in [-0.15, -0.1) is 24.2 Å². The van der Waals surface area contributed by atoms with Gasteiger partial charge in [-0.05, 0) is 49.1 Å². The number of rotatable bonds is 6. The van der Waals surface area contributed by atoms with Crippen LogP contribution in [-0.2, 0) is 4.79 Å². The molecule has 1 heterocycles. The number of halogens is 2. The Hall–Kier alpha value is -1.20. The first kappa shape index (κ1) is 22.1. The number of nitrogens with zero attached hydrogens (tertiary/aromatic N) is 1. The lowest BCUT2D eigenvalue weighted by atomic mass is 10.0. The molecule has 0 bridgehead atoms. The number of nitrogens with two attached hydrogens (primary N) is 1. The molecule has 1 amide bonds. The molecule has 0 aromatic heterocycles. The van der Waals surface area contributed by atoms with E-state index in [1.165, 1.54) is 5.56 Å². The average molecular weight is 425 g/mol. The van der Waals surface area contributed by atoms with Crippen molar-refractivity contribution in [2.24, 2.45) is 11.7 Å². The van der Waals surface area contributed by atoms with E-state index in [2.05, 4.69) is 19.1 Å². The monoisotopic (exact) mass is 424 g/mol. The molecule has 146 valence electrons. The molecule has 1 saturated heterocycles. The van der Waals surface area contributed by atoms with E-state index in [1.807, 2.05) is 47.4 Å². The van der Waals surface area contributed by atoms with Gasteiger partial charge >= 0.3 is 0 Å². The van der Waals surface area contributed by atoms with Crippen LogP contribution in [0.4, 0.5) is 0 Å². The molecule has 2 N–H and O–H groups in total. The van der Waals surface area contributed by atoms with Crippen molar-refractivity contribution in [1.29, 1.82) is 0 Å². The van der Waals surface area contributed by atoms with Crippen LogP contribution < -0.4 is 5.73 Å². The molecule has 3 rings (SSSR count). The number of benzene rings is 2. The van der Waals surface area contributed by atoms with Crippen molar-refractivity contribution in [3.05, 3.63) is 70.7 Å². The van der Waals surface area contributed by atoms with Crippen molar-refractivity contribution in [3.63, 3.8) is 0 Å². The lowest BCUT2D eigenvalue weighted by Crippen LogP contribution is -2.35. The lowest BCUT2D eigenvalue weighted by molar-refractivity contribution is -0.128. The zero-order valence-electron chi connectivity index (χ0n) is 15.4. The normalized spacial score (nSPS) is 20.2. The minimum Gasteiger partial charge on any atom is -0.339 e. The van der Waals surface area contributed by atoms with Gasteiger partial charge in [0.25, 0.3) is 0 Å². The summed E-state index contributed by atoms with van der Waals surface area (Å²) in [6, 6.07) is 18.5. The molecule has 0 saturated carbocycles. The van der Waals surface area contributed by atoms with E-state index >= 15 is 0 Å². The first-order chi connectivity index (χ1) is 12.6. The van der Waals surface area contributed by atoms with Crippen molar-refractivity contribution in [1.82, 2.24) is 4.90 Å². The van der Waals surface area contributed by atoms with E-state index in [4.69, 9.17) is 17.3 Å². The second kappa shape index (κ2) is 10.4. The largest absolute Gasteiger partial charge is 0.339 e. The Morgan fingerprint density at radius 3 is 2.41 bits per heavy atom. The topological polar surface area (TPSA) is 46.3 Å². The minimum absolute atomic E-state index is 0. The highest BCUT2D eigenvalue weighted by Crippen LogP contribution is 2.36. The van der Waals surface area contributed by atoms with Crippen molar-refractivity contribution in [2.75, 3.05) is 18.8 Å². The van der Waals surface area contributed by atoms with Crippen LogP contribution in [0.25, 0.3) is 0 Å². The highest BCUT2D eigenvalue weighted by molar-refractivity contribution is 8.00. The van der Waals surface area contributed by atoms with Gasteiger partial charge in [-0.1, -0.05) is 54.1 Å². The van der Waals surface area contributed by atoms with Crippen molar-refractivity contribution < 1.29 is 4.79 Å². The summed E-state index contributed by atoms with van der Waals surface area (Å²) in [6.45, 7) is 3.55. The molecular formula is C21H26Cl2N2OS. The van der Waals surface area contributed by atoms with E-state index < -0.39 is 0 Å². The van der Waals surface area contributed by atoms with Crippen LogP contribution in [0.2, 0.25) is 5.02 Å². The molecule has 0 radical (unpaired) electrons. The fourth-order valence-corrected chi connectivity index (χ4v) is 4.85. The molecule has 2 aromatic carbocycles. The van der Waals surface area contributed by atoms with Gasteiger partial charge in [0.15, 0.2) is 0 Å². The first-order valence-electron chi connectivity index (χ1n) is 9.00. The smallest absolute Gasteiger partial charge is 0.232 e. The Labute approximate surface area is 177 Å². The molecule has 2 aromatic rings. The highest BCUT2D eigenvalue weighted by Gasteiger charge is 2.31. The van der Waals surface area contributed by atoms with Crippen LogP contribution in [0.1, 0.15) is 29.7 Å². The van der Waals surface area contributed by atoms with E-state index in [-0.39, 0.29) is 29.6 Å². The maximum absolute atomic E-state index is 12.8. The van der Waals surface area contributed by atoms with Crippen LogP contribution in [0.15, 0.2) is 54.6 Å². The van der Waals surface area contributed by atoms with E-state index in [0.29, 0.717) is 18.2 Å². The molecule has 1 aliphatic rings. The molecular weight excluding hydrogens is 399 g/mol. The summed E-state index contributed by atoms with van der Waals surface area (Å²) in [5, 5.41) is 0.834. The van der Waals surface area contributed by atoms with Crippen molar-refractivity contribution in [2.45, 2.75) is 24.6 Å². The zero-order valence-corrected chi connectivity index (χ0v) is 17.8. The standard InChI is InChI=1S/C21H25ClN2OS.ClH/c1-15-11-16(12-23)13-24(15)20(25)14-26-21(17-5-3-2-4-6-17)18-7-9-19(22)10-8-18;/h2-10,15-16,21H,11-14,23H2,1H3;1H. The third kappa shape index (κ3) is 5.64. The van der Waals surface area contributed by atoms with Gasteiger partial charge in [-0.25, -0.2) is 0 Å². The Bertz CT molecular complexity index is 727. The second-order valence-electron chi connectivity index (χ2n) is 6.89. The Kier molecular flexibility index (Phi) is 8.49. The Morgan fingerprint density at radius 2 is 1.81 bits per heavy atom. The quantitative estimate of drug-likeness (QED) is 0.725. The highest BCUT2D eigenvalue weighted by atomic mass is 35.5. The molecule has 1 fully saturated rings. The Morgan fingerprint density at radius 1 is 1.19 bits per heavy atom. The second-order valence-corrected chi connectivity index (χ2v) is 8.42. The summed E-state index contributed by atoms with van der Waals surface area (Å²) >= 11 is 7.72. The molecule has 0 spiro atoms. The van der Waals surface area contributed by atoms with E-state index in [9.17, 15) is 4.79 Å². The maximum atomic E-state index is 12.8. The number of likely N-dealkylation sites (tertiary alicyclic amines) is 1. The molecule has 3 atom stereocenters. The Balaban J connectivity index is 0.00000261. The van der Waals surface area contributed by atoms with Gasteiger partial charge in [0.05, 0.1) is 11.0 Å². The summed E-state index contributed by atoms with van der Waals surface area (Å²) < 4.78 is 0. The van der Waals surface area contributed by atoms with Crippen molar-refractivity contribution in [3.8, 4) is 0 Å². The summed E-state index contributed by atoms with van der Waals surface area (Å²) in [6.07, 6.45) is 1.01. The van der Waals surface area contributed by atoms with Crippen LogP contribution in [-0.4, -0.2) is 35.7 Å². The zero-order chi connectivity index (χ0) is 18.5. The number of amides is 1. The number of carbonyl (C=O) groups is 1. The van der Waals surface area contributed by atoms with Gasteiger partial charge in [0.2, 0.25) is 5.91 Å². The number of carbonyl (C=O) groups excluding carboxylic acids is 1. The molecule has 6 heteroatoms. The van der Waals surface area contributed by atoms with Crippen LogP contribution >= 0.6 is 35.8 Å². The molecule has 3 nitrogen and oxygen atoms in total. The lowest BCUT2D eigenvalue weighted by Gasteiger charge is -2.23. The molecule has 1 aliphatic heterocycles. The molecule has 27 heavy (non-hydrogen) atoms. The van der Waals surface area contributed by atoms with E-state index in [1.54, 1.807) is 11.8 Å². The predicted molar refractivity (Wildman–Crippen MR) is 118 cm³/mol. The first-order valence-corrected chi connectivity index (χ1v) is 10.4.